The second kappa shape index (κ2) is 36.0. The number of aliphatic hydroxyl groups excluding tert-OH is 2. The second-order valence-electron chi connectivity index (χ2n) is 15.8. The van der Waals surface area contributed by atoms with Crippen molar-refractivity contribution in [2.45, 2.75) is 173 Å². The normalized spacial score (nSPS) is 15.2. The molecule has 0 bridgehead atoms. The molecule has 11 nitrogen and oxygen atoms in total. The lowest BCUT2D eigenvalue weighted by molar-refractivity contribution is -0.870. The molecular formula is C44H80NO10P. The van der Waals surface area contributed by atoms with Crippen molar-refractivity contribution in [1.29, 1.82) is 0 Å². The Kier molecular flexibility index (Phi) is 34.6. The van der Waals surface area contributed by atoms with Gasteiger partial charge in [0.1, 0.15) is 19.8 Å². The van der Waals surface area contributed by atoms with Gasteiger partial charge in [-0.05, 0) is 38.5 Å². The minimum Gasteiger partial charge on any atom is -0.756 e. The van der Waals surface area contributed by atoms with Crippen molar-refractivity contribution in [1.82, 2.24) is 0 Å². The van der Waals surface area contributed by atoms with E-state index in [1.807, 2.05) is 27.2 Å². The largest absolute Gasteiger partial charge is 0.756 e. The number of aliphatic hydroxyl groups is 2. The predicted molar refractivity (Wildman–Crippen MR) is 225 cm³/mol. The summed E-state index contributed by atoms with van der Waals surface area (Å²) in [4.78, 5) is 37.5. The molecule has 0 spiro atoms. The van der Waals surface area contributed by atoms with E-state index < -0.39 is 44.7 Å². The van der Waals surface area contributed by atoms with Gasteiger partial charge in [0.15, 0.2) is 6.10 Å². The van der Waals surface area contributed by atoms with E-state index in [9.17, 15) is 29.3 Å². The van der Waals surface area contributed by atoms with Crippen LogP contribution in [-0.2, 0) is 32.7 Å². The fraction of sp³-hybridized carbons (Fsp3) is 0.773. The van der Waals surface area contributed by atoms with E-state index in [2.05, 4.69) is 19.9 Å². The summed E-state index contributed by atoms with van der Waals surface area (Å²) in [6.07, 6.45) is 33.4. The van der Waals surface area contributed by atoms with Gasteiger partial charge in [0.05, 0.1) is 40.0 Å². The number of carbonyl (C=O) groups excluding carboxylic acids is 2. The molecule has 0 aliphatic rings. The van der Waals surface area contributed by atoms with Crippen LogP contribution >= 0.6 is 7.82 Å². The van der Waals surface area contributed by atoms with E-state index in [4.69, 9.17) is 18.5 Å². The number of quaternary nitrogens is 1. The van der Waals surface area contributed by atoms with E-state index in [0.29, 0.717) is 36.7 Å². The van der Waals surface area contributed by atoms with Gasteiger partial charge >= 0.3 is 11.9 Å². The Bertz CT molecular complexity index is 1130. The van der Waals surface area contributed by atoms with E-state index in [1.54, 1.807) is 36.5 Å². The van der Waals surface area contributed by atoms with Gasteiger partial charge in [0, 0.05) is 12.8 Å². The van der Waals surface area contributed by atoms with Crippen LogP contribution in [0.15, 0.2) is 48.6 Å². The highest BCUT2D eigenvalue weighted by Crippen LogP contribution is 2.38. The van der Waals surface area contributed by atoms with Crippen molar-refractivity contribution >= 4 is 19.8 Å². The van der Waals surface area contributed by atoms with Crippen LogP contribution in [0.1, 0.15) is 155 Å². The number of likely N-dealkylation sites (N-methyl/N-ethyl adjacent to an activating group) is 1. The number of carbonyl (C=O) groups is 2. The lowest BCUT2D eigenvalue weighted by Gasteiger charge is -2.28. The molecule has 0 heterocycles. The monoisotopic (exact) mass is 814 g/mol. The lowest BCUT2D eigenvalue weighted by atomic mass is 10.0. The molecule has 0 amide bonds. The minimum absolute atomic E-state index is 0.0349. The maximum atomic E-state index is 12.7. The molecule has 4 unspecified atom stereocenters. The Morgan fingerprint density at radius 1 is 0.661 bits per heavy atom. The minimum atomic E-state index is -4.69. The molecule has 0 rings (SSSR count). The van der Waals surface area contributed by atoms with Gasteiger partial charge in [-0.25, -0.2) is 0 Å². The Hall–Kier alpha value is -2.11. The number of hydrogen-bond acceptors (Lipinski definition) is 10. The van der Waals surface area contributed by atoms with E-state index >= 15 is 0 Å². The standard InChI is InChI=1S/C44H80NO10P/c1-6-8-10-12-14-15-16-17-18-19-20-22-28-34-43(48)52-38-42(39-54-56(50,51)53-37-36-45(3,4)5)55-44(49)35-29-33-41(47)32-27-24-23-26-31-40(46)30-25-21-13-11-9-7-2/h21,23-27,31-32,40-42,46-47H,6-20,22,28-30,33-39H2,1-5H3/b24-23+,25-21+,31-26+,32-27+. The zero-order chi connectivity index (χ0) is 41.8. The maximum absolute atomic E-state index is 12.7. The van der Waals surface area contributed by atoms with Gasteiger partial charge in [-0.1, -0.05) is 152 Å². The zero-order valence-electron chi connectivity index (χ0n) is 35.8. The summed E-state index contributed by atoms with van der Waals surface area (Å²) in [5, 5.41) is 20.3. The molecule has 2 N–H and O–H groups in total. The fourth-order valence-corrected chi connectivity index (χ4v) is 6.28. The summed E-state index contributed by atoms with van der Waals surface area (Å²) in [5.41, 5.74) is 0. The molecule has 0 saturated heterocycles. The quantitative estimate of drug-likeness (QED) is 0.0154. The third-order valence-electron chi connectivity index (χ3n) is 9.04. The number of allylic oxidation sites excluding steroid dienone is 5. The molecule has 0 aromatic carbocycles. The van der Waals surface area contributed by atoms with Crippen LogP contribution in [-0.4, -0.2) is 92.5 Å². The van der Waals surface area contributed by atoms with Gasteiger partial charge < -0.3 is 38.1 Å². The molecule has 0 saturated carbocycles. The first kappa shape index (κ1) is 53.9. The molecule has 0 fully saturated rings. The van der Waals surface area contributed by atoms with E-state index in [1.165, 1.54) is 77.0 Å². The van der Waals surface area contributed by atoms with Crippen molar-refractivity contribution in [2.24, 2.45) is 0 Å². The van der Waals surface area contributed by atoms with Crippen molar-refractivity contribution in [3.63, 3.8) is 0 Å². The predicted octanol–water partition coefficient (Wildman–Crippen LogP) is 9.22. The van der Waals surface area contributed by atoms with Crippen molar-refractivity contribution in [2.75, 3.05) is 47.5 Å². The van der Waals surface area contributed by atoms with Crippen LogP contribution < -0.4 is 4.89 Å². The van der Waals surface area contributed by atoms with Crippen molar-refractivity contribution in [3.8, 4) is 0 Å². The highest BCUT2D eigenvalue weighted by atomic mass is 31.2. The van der Waals surface area contributed by atoms with Gasteiger partial charge in [-0.2, -0.15) is 0 Å². The number of rotatable bonds is 38. The van der Waals surface area contributed by atoms with E-state index in [-0.39, 0.29) is 26.1 Å². The van der Waals surface area contributed by atoms with Crippen LogP contribution in [0.25, 0.3) is 0 Å². The smallest absolute Gasteiger partial charge is 0.306 e. The number of unbranched alkanes of at least 4 members (excludes halogenated alkanes) is 15. The van der Waals surface area contributed by atoms with Gasteiger partial charge in [-0.15, -0.1) is 0 Å². The molecule has 0 aromatic rings. The van der Waals surface area contributed by atoms with Crippen molar-refractivity contribution in [3.05, 3.63) is 48.6 Å². The first-order valence-electron chi connectivity index (χ1n) is 21.6. The molecular weight excluding hydrogens is 733 g/mol. The summed E-state index contributed by atoms with van der Waals surface area (Å²) in [7, 11) is 1.01. The maximum Gasteiger partial charge on any atom is 0.306 e. The molecule has 0 radical (unpaired) electrons. The Balaban J connectivity index is 4.66. The van der Waals surface area contributed by atoms with Gasteiger partial charge in [0.2, 0.25) is 0 Å². The number of esters is 2. The number of nitrogens with zero attached hydrogens (tertiary/aromatic N) is 1. The summed E-state index contributed by atoms with van der Waals surface area (Å²) in [5.74, 6) is -1.08. The average Bonchev–Trinajstić information content (AvgIpc) is 3.13. The Morgan fingerprint density at radius 2 is 1.20 bits per heavy atom. The van der Waals surface area contributed by atoms with Crippen LogP contribution in [0.4, 0.5) is 0 Å². The SMILES string of the molecule is CCCCC/C=C/CC(O)/C=C/C=C/C=C/C(O)CCCC(=O)OC(COC(=O)CCCCCCCCCCCCCCC)COP(=O)([O-])OCC[N+](C)(C)C. The molecule has 0 aliphatic carbocycles. The topological polar surface area (TPSA) is 152 Å². The van der Waals surface area contributed by atoms with Crippen LogP contribution in [0, 0.1) is 0 Å². The average molecular weight is 814 g/mol. The van der Waals surface area contributed by atoms with Crippen LogP contribution in [0.2, 0.25) is 0 Å². The highest BCUT2D eigenvalue weighted by Gasteiger charge is 2.22. The molecule has 326 valence electrons. The van der Waals surface area contributed by atoms with Gasteiger partial charge in [0.25, 0.3) is 7.82 Å². The highest BCUT2D eigenvalue weighted by molar-refractivity contribution is 7.45. The summed E-state index contributed by atoms with van der Waals surface area (Å²) >= 11 is 0. The first-order chi connectivity index (χ1) is 26.8. The number of hydrogen-bond donors (Lipinski definition) is 2. The zero-order valence-corrected chi connectivity index (χ0v) is 36.7. The number of ether oxygens (including phenoxy) is 2. The van der Waals surface area contributed by atoms with Crippen LogP contribution in [0.3, 0.4) is 0 Å². The van der Waals surface area contributed by atoms with Crippen LogP contribution in [0.5, 0.6) is 0 Å². The van der Waals surface area contributed by atoms with Crippen molar-refractivity contribution < 1.29 is 52.3 Å². The summed E-state index contributed by atoms with van der Waals surface area (Å²) in [6, 6.07) is 0. The third-order valence-corrected chi connectivity index (χ3v) is 10.0. The Morgan fingerprint density at radius 3 is 1.79 bits per heavy atom. The fourth-order valence-electron chi connectivity index (χ4n) is 5.55. The van der Waals surface area contributed by atoms with E-state index in [0.717, 1.165) is 25.7 Å². The molecule has 56 heavy (non-hydrogen) atoms. The second-order valence-corrected chi connectivity index (χ2v) is 17.2. The number of phosphoric acid groups is 1. The Labute approximate surface area is 340 Å². The summed E-state index contributed by atoms with van der Waals surface area (Å²) in [6.45, 7) is 3.86. The molecule has 0 aromatic heterocycles. The summed E-state index contributed by atoms with van der Waals surface area (Å²) < 4.78 is 33.6. The molecule has 4 atom stereocenters. The first-order valence-corrected chi connectivity index (χ1v) is 23.0. The molecule has 0 aliphatic heterocycles. The van der Waals surface area contributed by atoms with Gasteiger partial charge in [-0.3, -0.25) is 14.2 Å². The third kappa shape index (κ3) is 38.7. The lowest BCUT2D eigenvalue weighted by Crippen LogP contribution is -2.37. The number of phosphoric ester groups is 1. The molecule has 12 heteroatoms.